The van der Waals surface area contributed by atoms with Gasteiger partial charge in [-0.15, -0.1) is 30.0 Å². The zero-order valence-corrected chi connectivity index (χ0v) is 26.6. The van der Waals surface area contributed by atoms with Crippen LogP contribution in [0, 0.1) is 0 Å². The molecule has 0 spiro atoms. The van der Waals surface area contributed by atoms with E-state index in [1.54, 1.807) is 0 Å². The van der Waals surface area contributed by atoms with Crippen LogP contribution >= 0.6 is 0 Å². The third-order valence-electron chi connectivity index (χ3n) is 8.59. The number of phenols is 2. The Morgan fingerprint density at radius 3 is 1.19 bits per heavy atom. The molecule has 0 aliphatic heterocycles. The lowest BCUT2D eigenvalue weighted by molar-refractivity contribution is 0.282. The van der Waals surface area contributed by atoms with Gasteiger partial charge in [-0.3, -0.25) is 0 Å². The maximum Gasteiger partial charge on any atom is 0.146 e. The van der Waals surface area contributed by atoms with E-state index in [2.05, 4.69) is 20.4 Å². The van der Waals surface area contributed by atoms with Gasteiger partial charge in [0.05, 0.1) is 0 Å². The first-order valence-electron chi connectivity index (χ1n) is 16.6. The van der Waals surface area contributed by atoms with Crippen molar-refractivity contribution >= 4 is 22.1 Å². The van der Waals surface area contributed by atoms with Crippen molar-refractivity contribution in [3.05, 3.63) is 95.1 Å². The van der Waals surface area contributed by atoms with Gasteiger partial charge in [-0.2, -0.15) is 0 Å². The molecule has 4 aromatic carbocycles. The molecule has 47 heavy (non-hydrogen) atoms. The molecule has 2 aromatic heterocycles. The van der Waals surface area contributed by atoms with E-state index in [0.29, 0.717) is 22.5 Å². The highest BCUT2D eigenvalue weighted by Gasteiger charge is 2.20. The number of aliphatic hydroxyl groups is 2. The molecule has 244 valence electrons. The average Bonchev–Trinajstić information content (AvgIpc) is 3.72. The second-order valence-corrected chi connectivity index (χ2v) is 12.2. The fraction of sp³-hybridized carbons (Fsp3) is 0.351. The Morgan fingerprint density at radius 1 is 0.468 bits per heavy atom. The monoisotopic (exact) mass is 634 g/mol. The van der Waals surface area contributed by atoms with Gasteiger partial charge in [0, 0.05) is 30.8 Å². The number of benzene rings is 4. The summed E-state index contributed by atoms with van der Waals surface area (Å²) in [7, 11) is 0. The van der Waals surface area contributed by atoms with Crippen molar-refractivity contribution in [2.75, 3.05) is 13.2 Å². The molecule has 10 nitrogen and oxygen atoms in total. The maximum atomic E-state index is 11.7. The first-order chi connectivity index (χ1) is 23.0. The van der Waals surface area contributed by atoms with Crippen molar-refractivity contribution in [3.8, 4) is 22.9 Å². The largest absolute Gasteiger partial charge is 0.505 e. The number of rotatable bonds is 16. The van der Waals surface area contributed by atoms with Crippen molar-refractivity contribution in [3.63, 3.8) is 0 Å². The molecule has 0 saturated carbocycles. The molecule has 0 saturated heterocycles. The molecule has 0 fully saturated rings. The molecule has 0 aliphatic rings. The van der Waals surface area contributed by atoms with Gasteiger partial charge in [-0.25, -0.2) is 0 Å². The lowest BCUT2D eigenvalue weighted by Crippen LogP contribution is -2.06. The maximum absolute atomic E-state index is 11.7. The van der Waals surface area contributed by atoms with Crippen molar-refractivity contribution in [1.29, 1.82) is 0 Å². The van der Waals surface area contributed by atoms with Crippen LogP contribution in [-0.2, 0) is 19.3 Å². The molecule has 0 atom stereocenters. The van der Waals surface area contributed by atoms with Crippen LogP contribution in [-0.4, -0.2) is 63.6 Å². The van der Waals surface area contributed by atoms with Gasteiger partial charge in [0.2, 0.25) is 0 Å². The van der Waals surface area contributed by atoms with Gasteiger partial charge in [-0.1, -0.05) is 62.1 Å². The predicted molar refractivity (Wildman–Crippen MR) is 182 cm³/mol. The second kappa shape index (κ2) is 15.2. The Kier molecular flexibility index (Phi) is 10.4. The standard InChI is InChI=1S/C37H42N6O4/c44-19-11-3-1-5-13-26-21-28(36(46)34(23-26)42-38-30-15-7-8-16-31(30)39-42)25-29-22-27(14-6-2-4-12-20-45)24-35(37(29)47)43-40-32-17-9-10-18-33(32)41-43/h7-10,15-18,21-24,44-47H,1-6,11-14,19-20,25H2. The van der Waals surface area contributed by atoms with Crippen molar-refractivity contribution in [1.82, 2.24) is 30.0 Å². The van der Waals surface area contributed by atoms with E-state index >= 15 is 0 Å². The third-order valence-corrected chi connectivity index (χ3v) is 8.59. The Morgan fingerprint density at radius 2 is 0.830 bits per heavy atom. The first kappa shape index (κ1) is 32.2. The quantitative estimate of drug-likeness (QED) is 0.0903. The van der Waals surface area contributed by atoms with Crippen LogP contribution in [0.4, 0.5) is 0 Å². The third kappa shape index (κ3) is 7.61. The van der Waals surface area contributed by atoms with Gasteiger partial charge >= 0.3 is 0 Å². The van der Waals surface area contributed by atoms with E-state index < -0.39 is 0 Å². The summed E-state index contributed by atoms with van der Waals surface area (Å²) >= 11 is 0. The lowest BCUT2D eigenvalue weighted by atomic mass is 9.95. The summed E-state index contributed by atoms with van der Waals surface area (Å²) in [6.07, 6.45) is 9.22. The number of nitrogens with zero attached hydrogens (tertiary/aromatic N) is 6. The molecule has 0 amide bonds. The number of hydrogen-bond acceptors (Lipinski definition) is 8. The van der Waals surface area contributed by atoms with Gasteiger partial charge < -0.3 is 20.4 Å². The van der Waals surface area contributed by atoms with Gasteiger partial charge in [-0.05, 0) is 86.1 Å². The summed E-state index contributed by atoms with van der Waals surface area (Å²) in [4.78, 5) is 2.98. The average molecular weight is 635 g/mol. The van der Waals surface area contributed by atoms with Crippen LogP contribution in [0.2, 0.25) is 0 Å². The zero-order valence-electron chi connectivity index (χ0n) is 26.6. The molecule has 0 radical (unpaired) electrons. The summed E-state index contributed by atoms with van der Waals surface area (Å²) in [6, 6.07) is 23.1. The van der Waals surface area contributed by atoms with Crippen LogP contribution < -0.4 is 0 Å². The van der Waals surface area contributed by atoms with E-state index in [9.17, 15) is 20.4 Å². The zero-order chi connectivity index (χ0) is 32.6. The summed E-state index contributed by atoms with van der Waals surface area (Å²) < 4.78 is 0. The Hall–Kier alpha value is -4.80. The molecule has 0 aliphatic carbocycles. The van der Waals surface area contributed by atoms with E-state index in [1.165, 1.54) is 9.59 Å². The molecule has 0 unspecified atom stereocenters. The van der Waals surface area contributed by atoms with Gasteiger partial charge in [0.15, 0.2) is 0 Å². The molecule has 6 aromatic rings. The number of aryl methyl sites for hydroxylation is 2. The van der Waals surface area contributed by atoms with Crippen LogP contribution in [0.5, 0.6) is 11.5 Å². The number of aromatic nitrogens is 6. The Balaban J connectivity index is 1.39. The topological polar surface area (TPSA) is 142 Å². The predicted octanol–water partition coefficient (Wildman–Crippen LogP) is 6.35. The molecule has 4 N–H and O–H groups in total. The highest BCUT2D eigenvalue weighted by molar-refractivity contribution is 5.74. The van der Waals surface area contributed by atoms with Crippen LogP contribution in [0.1, 0.15) is 73.6 Å². The number of aromatic hydroxyl groups is 2. The highest BCUT2D eigenvalue weighted by Crippen LogP contribution is 2.35. The summed E-state index contributed by atoms with van der Waals surface area (Å²) in [5, 5.41) is 60.4. The van der Waals surface area contributed by atoms with E-state index in [1.807, 2.05) is 72.8 Å². The Labute approximate surface area is 273 Å². The van der Waals surface area contributed by atoms with Crippen molar-refractivity contribution in [2.45, 2.75) is 70.6 Å². The van der Waals surface area contributed by atoms with Crippen LogP contribution in [0.15, 0.2) is 72.8 Å². The number of phenolic OH excluding ortho intramolecular Hbond substituents is 2. The normalized spacial score (nSPS) is 11.6. The second-order valence-electron chi connectivity index (χ2n) is 12.2. The molecule has 10 heteroatoms. The molecule has 2 heterocycles. The fourth-order valence-corrected chi connectivity index (χ4v) is 6.08. The minimum Gasteiger partial charge on any atom is -0.505 e. The minimum absolute atomic E-state index is 0.0626. The Bertz CT molecular complexity index is 1740. The number of fused-ring (bicyclic) bond motifs is 2. The lowest BCUT2D eigenvalue weighted by Gasteiger charge is -2.16. The van der Waals surface area contributed by atoms with Gasteiger partial charge in [0.25, 0.3) is 0 Å². The molecular weight excluding hydrogens is 592 g/mol. The van der Waals surface area contributed by atoms with E-state index in [-0.39, 0.29) is 31.1 Å². The summed E-state index contributed by atoms with van der Waals surface area (Å²) in [6.45, 7) is 0.395. The van der Waals surface area contributed by atoms with E-state index in [0.717, 1.165) is 97.4 Å². The van der Waals surface area contributed by atoms with E-state index in [4.69, 9.17) is 0 Å². The molecule has 6 rings (SSSR count). The number of hydrogen-bond donors (Lipinski definition) is 4. The summed E-state index contributed by atoms with van der Waals surface area (Å²) in [5.41, 5.74) is 7.31. The highest BCUT2D eigenvalue weighted by atomic mass is 16.3. The van der Waals surface area contributed by atoms with Gasteiger partial charge in [0.1, 0.15) is 44.9 Å². The SMILES string of the molecule is OCCCCCCc1cc(Cc2cc(CCCCCCO)cc(-n3nc4ccccc4n3)c2O)c(O)c(-n2nc3ccccc3n2)c1. The fourth-order valence-electron chi connectivity index (χ4n) is 6.08. The van der Waals surface area contributed by atoms with Crippen LogP contribution in [0.3, 0.4) is 0 Å². The molecular formula is C37H42N6O4. The minimum atomic E-state index is 0.0626. The van der Waals surface area contributed by atoms with Crippen molar-refractivity contribution < 1.29 is 20.4 Å². The number of unbranched alkanes of at least 4 members (excludes halogenated alkanes) is 6. The van der Waals surface area contributed by atoms with Crippen molar-refractivity contribution in [2.24, 2.45) is 0 Å². The molecule has 0 bridgehead atoms. The first-order valence-corrected chi connectivity index (χ1v) is 16.6. The number of aliphatic hydroxyl groups excluding tert-OH is 2. The smallest absolute Gasteiger partial charge is 0.146 e. The summed E-state index contributed by atoms with van der Waals surface area (Å²) in [5.74, 6) is 0.125. The van der Waals surface area contributed by atoms with Crippen LogP contribution in [0.25, 0.3) is 33.4 Å².